The summed E-state index contributed by atoms with van der Waals surface area (Å²) in [5.41, 5.74) is 1.95. The molecule has 2 nitrogen and oxygen atoms in total. The molecule has 0 aromatic carbocycles. The molecular weight excluding hydrogens is 284 g/mol. The van der Waals surface area contributed by atoms with Crippen molar-refractivity contribution in [3.05, 3.63) is 23.8 Å². The van der Waals surface area contributed by atoms with Crippen LogP contribution in [0.2, 0.25) is 0 Å². The van der Waals surface area contributed by atoms with Crippen molar-refractivity contribution in [1.82, 2.24) is 0 Å². The molecule has 0 aliphatic heterocycles. The van der Waals surface area contributed by atoms with Gasteiger partial charge in [0.05, 0.1) is 17.6 Å². The number of fused-ring (bicyclic) bond motifs is 5. The van der Waals surface area contributed by atoms with Crippen LogP contribution in [0.15, 0.2) is 23.8 Å². The zero-order valence-corrected chi connectivity index (χ0v) is 14.1. The predicted molar refractivity (Wildman–Crippen MR) is 91.4 cm³/mol. The first-order valence-electron chi connectivity index (χ1n) is 9.16. The van der Waals surface area contributed by atoms with E-state index < -0.39 is 6.10 Å². The van der Waals surface area contributed by atoms with E-state index in [0.717, 1.165) is 37.7 Å². The van der Waals surface area contributed by atoms with Crippen LogP contribution >= 0.6 is 0 Å². The van der Waals surface area contributed by atoms with Gasteiger partial charge in [-0.2, -0.15) is 0 Å². The number of aliphatic hydroxyl groups excluding tert-OH is 2. The maximum absolute atomic E-state index is 10.5. The number of allylic oxidation sites excluding steroid dienone is 1. The minimum absolute atomic E-state index is 0.0784. The first-order valence-corrected chi connectivity index (χ1v) is 9.16. The molecule has 0 aromatic heterocycles. The van der Waals surface area contributed by atoms with Crippen LogP contribution in [0.3, 0.4) is 0 Å². The van der Waals surface area contributed by atoms with E-state index in [1.54, 1.807) is 0 Å². The van der Waals surface area contributed by atoms with Gasteiger partial charge in [-0.05, 0) is 73.7 Å². The van der Waals surface area contributed by atoms with Crippen molar-refractivity contribution in [3.63, 3.8) is 0 Å². The summed E-state index contributed by atoms with van der Waals surface area (Å²) < 4.78 is 0. The van der Waals surface area contributed by atoms with Gasteiger partial charge in [0, 0.05) is 0 Å². The predicted octanol–water partition coefficient (Wildman–Crippen LogP) is 3.45. The number of terminal acetylenes is 1. The molecule has 0 amide bonds. The van der Waals surface area contributed by atoms with Crippen LogP contribution in [-0.4, -0.2) is 22.4 Å². The van der Waals surface area contributed by atoms with Crippen LogP contribution in [0.5, 0.6) is 0 Å². The van der Waals surface area contributed by atoms with Crippen molar-refractivity contribution in [2.75, 3.05) is 0 Å². The third kappa shape index (κ3) is 1.90. The number of hydrogen-bond donors (Lipinski definition) is 2. The molecule has 4 rings (SSSR count). The quantitative estimate of drug-likeness (QED) is 0.673. The summed E-state index contributed by atoms with van der Waals surface area (Å²) in [5.74, 6) is 4.78. The highest BCUT2D eigenvalue weighted by atomic mass is 16.3. The summed E-state index contributed by atoms with van der Waals surface area (Å²) in [6, 6.07) is 0. The SMILES string of the molecule is C#C[C@]12C[C@H](O)C(=C)C=C1CC[C@H]1[C@@H]3CC[C@H](O)[C@@]3(C)CC[C@@H]12. The fourth-order valence-corrected chi connectivity index (χ4v) is 6.56. The second-order valence-corrected chi connectivity index (χ2v) is 8.63. The van der Waals surface area contributed by atoms with E-state index in [9.17, 15) is 10.2 Å². The molecule has 2 N–H and O–H groups in total. The van der Waals surface area contributed by atoms with Gasteiger partial charge in [-0.25, -0.2) is 0 Å². The first-order chi connectivity index (χ1) is 10.9. The van der Waals surface area contributed by atoms with Crippen molar-refractivity contribution < 1.29 is 10.2 Å². The lowest BCUT2D eigenvalue weighted by Gasteiger charge is -2.57. The minimum Gasteiger partial charge on any atom is -0.393 e. The van der Waals surface area contributed by atoms with Crippen molar-refractivity contribution >= 4 is 0 Å². The lowest BCUT2D eigenvalue weighted by molar-refractivity contribution is -0.0695. The topological polar surface area (TPSA) is 40.5 Å². The summed E-state index contributed by atoms with van der Waals surface area (Å²) >= 11 is 0. The molecule has 0 unspecified atom stereocenters. The fourth-order valence-electron chi connectivity index (χ4n) is 6.56. The molecule has 0 radical (unpaired) electrons. The highest BCUT2D eigenvalue weighted by Gasteiger charge is 2.60. The summed E-state index contributed by atoms with van der Waals surface area (Å²) in [6.45, 7) is 6.29. The zero-order valence-electron chi connectivity index (χ0n) is 14.1. The fraction of sp³-hybridized carbons (Fsp3) is 0.714. The Balaban J connectivity index is 1.74. The zero-order chi connectivity index (χ0) is 16.4. The van der Waals surface area contributed by atoms with E-state index >= 15 is 0 Å². The van der Waals surface area contributed by atoms with Gasteiger partial charge in [-0.1, -0.05) is 31.1 Å². The second kappa shape index (κ2) is 4.98. The van der Waals surface area contributed by atoms with Gasteiger partial charge in [-0.15, -0.1) is 6.42 Å². The molecule has 0 aromatic rings. The molecule has 4 aliphatic rings. The van der Waals surface area contributed by atoms with Crippen LogP contribution < -0.4 is 0 Å². The van der Waals surface area contributed by atoms with Crippen LogP contribution in [0.25, 0.3) is 0 Å². The molecule has 2 heteroatoms. The van der Waals surface area contributed by atoms with Crippen LogP contribution in [-0.2, 0) is 0 Å². The van der Waals surface area contributed by atoms with Gasteiger partial charge in [-0.3, -0.25) is 0 Å². The molecule has 124 valence electrons. The Morgan fingerprint density at radius 3 is 2.74 bits per heavy atom. The lowest BCUT2D eigenvalue weighted by Crippen LogP contribution is -2.52. The number of hydrogen-bond acceptors (Lipinski definition) is 2. The van der Waals surface area contributed by atoms with E-state index in [-0.39, 0.29) is 16.9 Å². The van der Waals surface area contributed by atoms with E-state index in [1.807, 2.05) is 0 Å². The molecule has 7 atom stereocenters. The summed E-state index contributed by atoms with van der Waals surface area (Å²) in [5, 5.41) is 20.9. The van der Waals surface area contributed by atoms with Crippen LogP contribution in [0.4, 0.5) is 0 Å². The third-order valence-electron chi connectivity index (χ3n) is 7.90. The lowest BCUT2D eigenvalue weighted by atomic mass is 9.47. The Labute approximate surface area is 139 Å². The molecule has 0 bridgehead atoms. The number of rotatable bonds is 0. The third-order valence-corrected chi connectivity index (χ3v) is 7.90. The Hall–Kier alpha value is -1.04. The molecule has 0 saturated heterocycles. The van der Waals surface area contributed by atoms with Crippen molar-refractivity contribution in [1.29, 1.82) is 0 Å². The second-order valence-electron chi connectivity index (χ2n) is 8.63. The van der Waals surface area contributed by atoms with Crippen LogP contribution in [0.1, 0.15) is 51.9 Å². The maximum Gasteiger partial charge on any atom is 0.0802 e. The average Bonchev–Trinajstić information content (AvgIpc) is 2.84. The standard InChI is InChI=1S/C21H28O2/c1-4-21-12-18(22)13(2)11-14(21)5-6-15-16-7-8-19(23)20(16,3)10-9-17(15)21/h1,11,15-19,22-23H,2,5-10,12H2,3H3/t15-,16-,17-,18-,19-,20-,21-/m0/s1. The molecule has 4 aliphatic carbocycles. The Bertz CT molecular complexity index is 612. The molecular formula is C21H28O2. The van der Waals surface area contributed by atoms with E-state index in [1.165, 1.54) is 12.0 Å². The largest absolute Gasteiger partial charge is 0.393 e. The van der Waals surface area contributed by atoms with E-state index in [4.69, 9.17) is 6.42 Å². The molecule has 0 spiro atoms. The Morgan fingerprint density at radius 2 is 2.00 bits per heavy atom. The molecule has 3 saturated carbocycles. The summed E-state index contributed by atoms with van der Waals surface area (Å²) in [4.78, 5) is 0. The van der Waals surface area contributed by atoms with Gasteiger partial charge in [0.25, 0.3) is 0 Å². The highest BCUT2D eigenvalue weighted by Crippen LogP contribution is 2.65. The van der Waals surface area contributed by atoms with Crippen molar-refractivity contribution in [3.8, 4) is 12.3 Å². The monoisotopic (exact) mass is 312 g/mol. The van der Waals surface area contributed by atoms with Gasteiger partial charge in [0.1, 0.15) is 0 Å². The maximum atomic E-state index is 10.5. The van der Waals surface area contributed by atoms with Crippen LogP contribution in [0, 0.1) is 40.9 Å². The number of aliphatic hydroxyl groups is 2. The minimum atomic E-state index is -0.504. The first kappa shape index (κ1) is 15.5. The van der Waals surface area contributed by atoms with Crippen molar-refractivity contribution in [2.45, 2.75) is 64.1 Å². The normalized spacial score (nSPS) is 52.0. The summed E-state index contributed by atoms with van der Waals surface area (Å²) in [6.07, 6.45) is 14.6. The smallest absolute Gasteiger partial charge is 0.0802 e. The molecule has 3 fully saturated rings. The van der Waals surface area contributed by atoms with Gasteiger partial charge in [0.2, 0.25) is 0 Å². The Morgan fingerprint density at radius 1 is 1.22 bits per heavy atom. The summed E-state index contributed by atoms with van der Waals surface area (Å²) in [7, 11) is 0. The van der Waals surface area contributed by atoms with E-state index in [2.05, 4.69) is 25.5 Å². The molecule has 0 heterocycles. The average molecular weight is 312 g/mol. The highest BCUT2D eigenvalue weighted by molar-refractivity contribution is 5.42. The molecule has 23 heavy (non-hydrogen) atoms. The van der Waals surface area contributed by atoms with Gasteiger partial charge >= 0.3 is 0 Å². The Kier molecular flexibility index (Phi) is 3.35. The van der Waals surface area contributed by atoms with Crippen molar-refractivity contribution in [2.24, 2.45) is 28.6 Å². The van der Waals surface area contributed by atoms with E-state index in [0.29, 0.717) is 24.2 Å². The van der Waals surface area contributed by atoms with Gasteiger partial charge in [0.15, 0.2) is 0 Å². The van der Waals surface area contributed by atoms with Gasteiger partial charge < -0.3 is 10.2 Å².